The number of rotatable bonds is 4. The summed E-state index contributed by atoms with van der Waals surface area (Å²) in [6.45, 7) is 9.97. The summed E-state index contributed by atoms with van der Waals surface area (Å²) in [5.74, 6) is 0. The molecule has 1 aliphatic rings. The maximum Gasteiger partial charge on any atom is 0.0765 e. The normalized spacial score (nSPS) is 22.0. The quantitative estimate of drug-likeness (QED) is 0.892. The van der Waals surface area contributed by atoms with Crippen molar-refractivity contribution in [3.63, 3.8) is 0 Å². The van der Waals surface area contributed by atoms with Crippen molar-refractivity contribution < 1.29 is 5.11 Å². The van der Waals surface area contributed by atoms with Crippen molar-refractivity contribution in [2.24, 2.45) is 0 Å². The molecule has 4 nitrogen and oxygen atoms in total. The van der Waals surface area contributed by atoms with Crippen LogP contribution in [0.25, 0.3) is 0 Å². The Balaban J connectivity index is 2.04. The summed E-state index contributed by atoms with van der Waals surface area (Å²) in [6.07, 6.45) is 4.28. The summed E-state index contributed by atoms with van der Waals surface area (Å²) in [6, 6.07) is 2.74. The molecular formula is C14H25N3O. The molecule has 0 spiro atoms. The summed E-state index contributed by atoms with van der Waals surface area (Å²) in [5.41, 5.74) is 0.469. The van der Waals surface area contributed by atoms with Gasteiger partial charge in [-0.05, 0) is 53.1 Å². The molecule has 0 unspecified atom stereocenters. The van der Waals surface area contributed by atoms with E-state index in [9.17, 15) is 5.11 Å². The van der Waals surface area contributed by atoms with Gasteiger partial charge < -0.3 is 5.11 Å². The molecule has 0 bridgehead atoms. The Bertz CT molecular complexity index is 392. The van der Waals surface area contributed by atoms with Crippen LogP contribution in [0.15, 0.2) is 12.3 Å². The van der Waals surface area contributed by atoms with Crippen molar-refractivity contribution in [3.8, 4) is 0 Å². The molecule has 0 saturated carbocycles. The van der Waals surface area contributed by atoms with Gasteiger partial charge in [0.2, 0.25) is 0 Å². The fourth-order valence-corrected chi connectivity index (χ4v) is 2.77. The first-order chi connectivity index (χ1) is 8.38. The Labute approximate surface area is 110 Å². The molecule has 0 aromatic carbocycles. The van der Waals surface area contributed by atoms with Gasteiger partial charge in [-0.2, -0.15) is 5.10 Å². The molecule has 2 heterocycles. The maximum atomic E-state index is 10.2. The van der Waals surface area contributed by atoms with E-state index in [4.69, 9.17) is 0 Å². The second kappa shape index (κ2) is 5.02. The van der Waals surface area contributed by atoms with Gasteiger partial charge in [-0.1, -0.05) is 0 Å². The SMILES string of the molecule is CC(C)n1ccc(CN2CCC[C@H]2C(C)(C)O)n1. The van der Waals surface area contributed by atoms with Gasteiger partial charge in [-0.15, -0.1) is 0 Å². The average Bonchev–Trinajstić information content (AvgIpc) is 2.85. The van der Waals surface area contributed by atoms with Crippen molar-refractivity contribution >= 4 is 0 Å². The lowest BCUT2D eigenvalue weighted by Gasteiger charge is -2.33. The lowest BCUT2D eigenvalue weighted by Crippen LogP contribution is -2.45. The predicted octanol–water partition coefficient (Wildman–Crippen LogP) is 2.20. The zero-order chi connectivity index (χ0) is 13.3. The molecule has 18 heavy (non-hydrogen) atoms. The third-order valence-electron chi connectivity index (χ3n) is 3.74. The average molecular weight is 251 g/mol. The van der Waals surface area contributed by atoms with Crippen molar-refractivity contribution in [1.29, 1.82) is 0 Å². The van der Waals surface area contributed by atoms with Gasteiger partial charge in [0.1, 0.15) is 0 Å². The van der Waals surface area contributed by atoms with Gasteiger partial charge >= 0.3 is 0 Å². The number of hydrogen-bond acceptors (Lipinski definition) is 3. The second-order valence-corrected chi connectivity index (χ2v) is 6.16. The van der Waals surface area contributed by atoms with Crippen molar-refractivity contribution in [1.82, 2.24) is 14.7 Å². The van der Waals surface area contributed by atoms with Crippen molar-refractivity contribution in [3.05, 3.63) is 18.0 Å². The minimum Gasteiger partial charge on any atom is -0.389 e. The van der Waals surface area contributed by atoms with Crippen molar-refractivity contribution in [2.45, 2.75) is 64.8 Å². The smallest absolute Gasteiger partial charge is 0.0765 e. The van der Waals surface area contributed by atoms with Crippen LogP contribution in [0.3, 0.4) is 0 Å². The van der Waals surface area contributed by atoms with Crippen LogP contribution < -0.4 is 0 Å². The van der Waals surface area contributed by atoms with Crippen LogP contribution >= 0.6 is 0 Å². The first-order valence-corrected chi connectivity index (χ1v) is 6.88. The Kier molecular flexibility index (Phi) is 3.78. The summed E-state index contributed by atoms with van der Waals surface area (Å²) in [5, 5.41) is 14.8. The molecule has 1 saturated heterocycles. The van der Waals surface area contributed by atoms with E-state index in [1.807, 2.05) is 24.7 Å². The van der Waals surface area contributed by atoms with E-state index in [-0.39, 0.29) is 6.04 Å². The van der Waals surface area contributed by atoms with Gasteiger partial charge in [-0.3, -0.25) is 9.58 Å². The van der Waals surface area contributed by atoms with Crippen LogP contribution in [0.2, 0.25) is 0 Å². The molecule has 1 atom stereocenters. The van der Waals surface area contributed by atoms with Gasteiger partial charge in [0.05, 0.1) is 11.3 Å². The third-order valence-corrected chi connectivity index (χ3v) is 3.74. The number of hydrogen-bond donors (Lipinski definition) is 1. The molecule has 1 aromatic heterocycles. The van der Waals surface area contributed by atoms with E-state index in [2.05, 4.69) is 29.9 Å². The van der Waals surface area contributed by atoms with Crippen LogP contribution in [0.1, 0.15) is 52.3 Å². The molecule has 0 amide bonds. The summed E-state index contributed by atoms with van der Waals surface area (Å²) in [7, 11) is 0. The molecular weight excluding hydrogens is 226 g/mol. The first-order valence-electron chi connectivity index (χ1n) is 6.88. The van der Waals surface area contributed by atoms with Gasteiger partial charge in [0.15, 0.2) is 0 Å². The molecule has 1 N–H and O–H groups in total. The fourth-order valence-electron chi connectivity index (χ4n) is 2.77. The number of aromatic nitrogens is 2. The van der Waals surface area contributed by atoms with Gasteiger partial charge in [-0.25, -0.2) is 0 Å². The highest BCUT2D eigenvalue weighted by atomic mass is 16.3. The van der Waals surface area contributed by atoms with E-state index in [0.717, 1.165) is 25.2 Å². The largest absolute Gasteiger partial charge is 0.389 e. The Morgan fingerprint density at radius 2 is 2.22 bits per heavy atom. The summed E-state index contributed by atoms with van der Waals surface area (Å²) in [4.78, 5) is 2.35. The number of nitrogens with zero attached hydrogens (tertiary/aromatic N) is 3. The van der Waals surface area contributed by atoms with Crippen LogP contribution in [-0.4, -0.2) is 38.0 Å². The summed E-state index contributed by atoms with van der Waals surface area (Å²) < 4.78 is 1.99. The highest BCUT2D eigenvalue weighted by Gasteiger charge is 2.35. The Hall–Kier alpha value is -0.870. The lowest BCUT2D eigenvalue weighted by atomic mass is 9.96. The number of aliphatic hydroxyl groups is 1. The first kappa shape index (κ1) is 13.6. The highest BCUT2D eigenvalue weighted by molar-refractivity contribution is 5.02. The fraction of sp³-hybridized carbons (Fsp3) is 0.786. The molecule has 102 valence electrons. The number of likely N-dealkylation sites (tertiary alicyclic amines) is 1. The molecule has 0 radical (unpaired) electrons. The van der Waals surface area contributed by atoms with Crippen molar-refractivity contribution in [2.75, 3.05) is 6.54 Å². The summed E-state index contributed by atoms with van der Waals surface area (Å²) >= 11 is 0. The third kappa shape index (κ3) is 2.93. The predicted molar refractivity (Wildman–Crippen MR) is 72.3 cm³/mol. The topological polar surface area (TPSA) is 41.3 Å². The molecule has 0 aliphatic carbocycles. The second-order valence-electron chi connectivity index (χ2n) is 6.16. The lowest BCUT2D eigenvalue weighted by molar-refractivity contribution is -0.00542. The Morgan fingerprint density at radius 1 is 1.50 bits per heavy atom. The zero-order valence-corrected chi connectivity index (χ0v) is 11.9. The van der Waals surface area contributed by atoms with Crippen LogP contribution in [-0.2, 0) is 6.54 Å². The molecule has 2 rings (SSSR count). The van der Waals surface area contributed by atoms with E-state index in [0.29, 0.717) is 6.04 Å². The minimum absolute atomic E-state index is 0.252. The monoisotopic (exact) mass is 251 g/mol. The zero-order valence-electron chi connectivity index (χ0n) is 11.9. The van der Waals surface area contributed by atoms with E-state index in [1.54, 1.807) is 0 Å². The standard InChI is InChI=1S/C14H25N3O/c1-11(2)17-9-7-12(15-17)10-16-8-5-6-13(16)14(3,4)18/h7,9,11,13,18H,5-6,8,10H2,1-4H3/t13-/m0/s1. The van der Waals surface area contributed by atoms with Gasteiger partial charge in [0, 0.05) is 24.8 Å². The molecule has 1 fully saturated rings. The van der Waals surface area contributed by atoms with Gasteiger partial charge in [0.25, 0.3) is 0 Å². The maximum absolute atomic E-state index is 10.2. The Morgan fingerprint density at radius 3 is 2.78 bits per heavy atom. The van der Waals surface area contributed by atoms with E-state index < -0.39 is 5.60 Å². The molecule has 1 aliphatic heterocycles. The minimum atomic E-state index is -0.628. The molecule has 4 heteroatoms. The molecule has 1 aromatic rings. The van der Waals surface area contributed by atoms with E-state index in [1.165, 1.54) is 6.42 Å². The van der Waals surface area contributed by atoms with Crippen LogP contribution in [0.5, 0.6) is 0 Å². The highest BCUT2D eigenvalue weighted by Crippen LogP contribution is 2.27. The van der Waals surface area contributed by atoms with Crippen LogP contribution in [0, 0.1) is 0 Å². The van der Waals surface area contributed by atoms with Crippen LogP contribution in [0.4, 0.5) is 0 Å². The van der Waals surface area contributed by atoms with E-state index >= 15 is 0 Å².